The zero-order chi connectivity index (χ0) is 28.0. The van der Waals surface area contributed by atoms with Gasteiger partial charge in [0.1, 0.15) is 17.8 Å². The molecular formula is C26H34N4O7S. The number of hydrogen-bond donors (Lipinski definition) is 2. The molecule has 12 heteroatoms. The number of ether oxygens (including phenoxy) is 1. The number of carboxylic acids is 1. The molecule has 38 heavy (non-hydrogen) atoms. The molecule has 1 saturated heterocycles. The average Bonchev–Trinajstić information content (AvgIpc) is 2.88. The Morgan fingerprint density at radius 2 is 1.61 bits per heavy atom. The van der Waals surface area contributed by atoms with Crippen LogP contribution in [0.15, 0.2) is 53.4 Å². The Hall–Kier alpha value is -3.48. The summed E-state index contributed by atoms with van der Waals surface area (Å²) in [5, 5.41) is 12.1. The number of benzene rings is 2. The number of nitrogens with zero attached hydrogens (tertiary/aromatic N) is 3. The molecule has 1 aliphatic rings. The molecule has 0 unspecified atom stereocenters. The van der Waals surface area contributed by atoms with E-state index in [0.717, 1.165) is 23.0 Å². The molecule has 0 saturated carbocycles. The molecule has 1 fully saturated rings. The smallest absolute Gasteiger partial charge is 0.415 e. The van der Waals surface area contributed by atoms with Gasteiger partial charge in [0.15, 0.2) is 0 Å². The van der Waals surface area contributed by atoms with Crippen LogP contribution in [0.25, 0.3) is 0 Å². The van der Waals surface area contributed by atoms with E-state index < -0.39 is 40.1 Å². The Labute approximate surface area is 223 Å². The summed E-state index contributed by atoms with van der Waals surface area (Å²) in [4.78, 5) is 40.8. The minimum absolute atomic E-state index is 0.0356. The normalized spacial score (nSPS) is 16.1. The number of aryl methyl sites for hydroxylation is 1. The van der Waals surface area contributed by atoms with E-state index >= 15 is 0 Å². The molecule has 1 heterocycles. The molecule has 2 aromatic carbocycles. The molecule has 1 aliphatic heterocycles. The second kappa shape index (κ2) is 12.4. The van der Waals surface area contributed by atoms with Crippen LogP contribution in [0.3, 0.4) is 0 Å². The number of rotatable bonds is 9. The van der Waals surface area contributed by atoms with Gasteiger partial charge < -0.3 is 25.0 Å². The Balaban J connectivity index is 1.60. The molecule has 2 amide bonds. The van der Waals surface area contributed by atoms with Crippen molar-refractivity contribution >= 4 is 28.0 Å². The van der Waals surface area contributed by atoms with E-state index in [1.54, 1.807) is 41.3 Å². The van der Waals surface area contributed by atoms with Crippen molar-refractivity contribution in [1.82, 2.24) is 19.4 Å². The summed E-state index contributed by atoms with van der Waals surface area (Å²) in [6.07, 6.45) is -0.491. The van der Waals surface area contributed by atoms with Gasteiger partial charge in [-0.05, 0) is 50.7 Å². The van der Waals surface area contributed by atoms with Crippen molar-refractivity contribution in [3.63, 3.8) is 0 Å². The van der Waals surface area contributed by atoms with Crippen molar-refractivity contribution in [3.05, 3.63) is 59.7 Å². The van der Waals surface area contributed by atoms with Gasteiger partial charge in [-0.1, -0.05) is 29.8 Å². The first-order valence-electron chi connectivity index (χ1n) is 12.2. The lowest BCUT2D eigenvalue weighted by atomic mass is 10.1. The number of likely N-dealkylation sites (N-methyl/N-ethyl adjacent to an activating group) is 2. The van der Waals surface area contributed by atoms with Crippen LogP contribution >= 0.6 is 0 Å². The van der Waals surface area contributed by atoms with Gasteiger partial charge in [0, 0.05) is 39.6 Å². The maximum Gasteiger partial charge on any atom is 0.415 e. The van der Waals surface area contributed by atoms with Crippen molar-refractivity contribution < 1.29 is 32.6 Å². The van der Waals surface area contributed by atoms with Crippen LogP contribution in [0.1, 0.15) is 18.1 Å². The maximum absolute atomic E-state index is 12.9. The summed E-state index contributed by atoms with van der Waals surface area (Å²) in [7, 11) is -0.701. The number of carbonyl (C=O) groups excluding carboxylic acids is 2. The molecule has 0 bridgehead atoms. The molecule has 2 atom stereocenters. The second-order valence-corrected chi connectivity index (χ2v) is 11.4. The Bertz CT molecular complexity index is 1240. The summed E-state index contributed by atoms with van der Waals surface area (Å²) in [6, 6.07) is 10.1. The standard InChI is InChI=1S/C26H34N4O7S/c1-18-5-11-22(12-6-18)38(35,36)29(4)19(2)24(31)27-23(25(32)33)17-20-7-9-21(10-8-20)37-26(34)30-15-13-28(3)14-16-30/h5-12,19,23H,13-17H2,1-4H3,(H,27,31)(H,32,33)/t19-,23-/m0/s1. The van der Waals surface area contributed by atoms with Gasteiger partial charge in [-0.2, -0.15) is 4.31 Å². The highest BCUT2D eigenvalue weighted by Crippen LogP contribution is 2.18. The Kier molecular flexibility index (Phi) is 9.47. The van der Waals surface area contributed by atoms with E-state index in [9.17, 15) is 27.9 Å². The Morgan fingerprint density at radius 3 is 2.16 bits per heavy atom. The second-order valence-electron chi connectivity index (χ2n) is 9.42. The fraction of sp³-hybridized carbons (Fsp3) is 0.423. The SMILES string of the molecule is Cc1ccc(S(=O)(=O)N(C)[C@@H](C)C(=O)N[C@@H](Cc2ccc(OC(=O)N3CCN(C)CC3)cc2)C(=O)O)cc1. The van der Waals surface area contributed by atoms with Gasteiger partial charge in [0.05, 0.1) is 4.90 Å². The zero-order valence-electron chi connectivity index (χ0n) is 22.0. The first kappa shape index (κ1) is 29.1. The third-order valence-corrected chi connectivity index (χ3v) is 8.51. The predicted molar refractivity (Wildman–Crippen MR) is 140 cm³/mol. The van der Waals surface area contributed by atoms with Crippen molar-refractivity contribution in [2.75, 3.05) is 40.3 Å². The number of amides is 2. The van der Waals surface area contributed by atoms with Gasteiger partial charge >= 0.3 is 12.1 Å². The summed E-state index contributed by atoms with van der Waals surface area (Å²) in [5.41, 5.74) is 1.48. The summed E-state index contributed by atoms with van der Waals surface area (Å²) in [6.45, 7) is 5.91. The molecule has 206 valence electrons. The lowest BCUT2D eigenvalue weighted by molar-refractivity contribution is -0.142. The molecule has 3 rings (SSSR count). The third-order valence-electron chi connectivity index (χ3n) is 6.57. The van der Waals surface area contributed by atoms with Crippen LogP contribution in [0.4, 0.5) is 4.79 Å². The fourth-order valence-electron chi connectivity index (χ4n) is 3.83. The number of carbonyl (C=O) groups is 3. The number of nitrogens with one attached hydrogen (secondary N) is 1. The average molecular weight is 547 g/mol. The van der Waals surface area contributed by atoms with Crippen LogP contribution in [-0.2, 0) is 26.0 Å². The predicted octanol–water partition coefficient (Wildman–Crippen LogP) is 1.56. The van der Waals surface area contributed by atoms with Crippen molar-refractivity contribution in [3.8, 4) is 5.75 Å². The molecule has 0 spiro atoms. The number of sulfonamides is 1. The summed E-state index contributed by atoms with van der Waals surface area (Å²) < 4.78 is 32.2. The summed E-state index contributed by atoms with van der Waals surface area (Å²) in [5.74, 6) is -1.68. The summed E-state index contributed by atoms with van der Waals surface area (Å²) >= 11 is 0. The van der Waals surface area contributed by atoms with E-state index in [0.29, 0.717) is 24.4 Å². The largest absolute Gasteiger partial charge is 0.480 e. The molecule has 0 aromatic heterocycles. The van der Waals surface area contributed by atoms with E-state index in [4.69, 9.17) is 4.74 Å². The van der Waals surface area contributed by atoms with E-state index in [1.165, 1.54) is 26.1 Å². The van der Waals surface area contributed by atoms with Crippen molar-refractivity contribution in [2.45, 2.75) is 37.2 Å². The minimum Gasteiger partial charge on any atom is -0.480 e. The van der Waals surface area contributed by atoms with E-state index in [-0.39, 0.29) is 11.3 Å². The lowest BCUT2D eigenvalue weighted by Crippen LogP contribution is -2.51. The number of hydrogen-bond acceptors (Lipinski definition) is 7. The van der Waals surface area contributed by atoms with Crippen LogP contribution in [-0.4, -0.2) is 98.0 Å². The van der Waals surface area contributed by atoms with Crippen LogP contribution in [0.5, 0.6) is 5.75 Å². The quantitative estimate of drug-likeness (QED) is 0.484. The zero-order valence-corrected chi connectivity index (χ0v) is 22.8. The number of carboxylic acid groups (broad SMARTS) is 1. The highest BCUT2D eigenvalue weighted by Gasteiger charge is 2.32. The first-order chi connectivity index (χ1) is 17.9. The molecule has 0 radical (unpaired) electrons. The monoisotopic (exact) mass is 546 g/mol. The van der Waals surface area contributed by atoms with Gasteiger partial charge in [0.25, 0.3) is 0 Å². The topological polar surface area (TPSA) is 137 Å². The van der Waals surface area contributed by atoms with Gasteiger partial charge in [-0.25, -0.2) is 18.0 Å². The van der Waals surface area contributed by atoms with Crippen molar-refractivity contribution in [1.29, 1.82) is 0 Å². The Morgan fingerprint density at radius 1 is 1.03 bits per heavy atom. The van der Waals surface area contributed by atoms with E-state index in [2.05, 4.69) is 10.2 Å². The number of piperazine rings is 1. The molecule has 0 aliphatic carbocycles. The highest BCUT2D eigenvalue weighted by atomic mass is 32.2. The third kappa shape index (κ3) is 7.30. The van der Waals surface area contributed by atoms with E-state index in [1.807, 2.05) is 14.0 Å². The fourth-order valence-corrected chi connectivity index (χ4v) is 5.15. The van der Waals surface area contributed by atoms with Gasteiger partial charge in [-0.15, -0.1) is 0 Å². The van der Waals surface area contributed by atoms with Crippen LogP contribution < -0.4 is 10.1 Å². The number of aliphatic carboxylic acids is 1. The molecular weight excluding hydrogens is 512 g/mol. The molecule has 2 N–H and O–H groups in total. The van der Waals surface area contributed by atoms with Gasteiger partial charge in [0.2, 0.25) is 15.9 Å². The maximum atomic E-state index is 12.9. The first-order valence-corrected chi connectivity index (χ1v) is 13.6. The van der Waals surface area contributed by atoms with Gasteiger partial charge in [-0.3, -0.25) is 4.79 Å². The lowest BCUT2D eigenvalue weighted by Gasteiger charge is -2.31. The van der Waals surface area contributed by atoms with Crippen LogP contribution in [0.2, 0.25) is 0 Å². The molecule has 2 aromatic rings. The van der Waals surface area contributed by atoms with Crippen LogP contribution in [0, 0.1) is 6.92 Å². The minimum atomic E-state index is -3.96. The molecule has 11 nitrogen and oxygen atoms in total. The highest BCUT2D eigenvalue weighted by molar-refractivity contribution is 7.89. The van der Waals surface area contributed by atoms with Crippen molar-refractivity contribution in [2.24, 2.45) is 0 Å².